The zero-order valence-electron chi connectivity index (χ0n) is 19.8. The molecule has 0 fully saturated rings. The lowest BCUT2D eigenvalue weighted by molar-refractivity contribution is -0.130. The maximum atomic E-state index is 13.3. The van der Waals surface area contributed by atoms with Gasteiger partial charge in [-0.2, -0.15) is 5.10 Å². The Morgan fingerprint density at radius 1 is 1.15 bits per heavy atom. The first-order valence-corrected chi connectivity index (χ1v) is 11.1. The molecule has 0 aliphatic rings. The second kappa shape index (κ2) is 11.3. The summed E-state index contributed by atoms with van der Waals surface area (Å²) >= 11 is 0. The van der Waals surface area contributed by atoms with E-state index in [-0.39, 0.29) is 24.2 Å². The highest BCUT2D eigenvalue weighted by Crippen LogP contribution is 2.23. The summed E-state index contributed by atoms with van der Waals surface area (Å²) in [6, 6.07) is 13.2. The number of aromatic nitrogens is 2. The van der Waals surface area contributed by atoms with E-state index in [4.69, 9.17) is 4.74 Å². The highest BCUT2D eigenvalue weighted by atomic mass is 19.1. The average molecular weight is 465 g/mol. The molecule has 0 aliphatic heterocycles. The van der Waals surface area contributed by atoms with Crippen molar-refractivity contribution in [2.75, 3.05) is 25.5 Å². The number of hydrogen-bond acceptors (Lipinski definition) is 4. The van der Waals surface area contributed by atoms with Crippen molar-refractivity contribution in [1.82, 2.24) is 14.7 Å². The lowest BCUT2D eigenvalue weighted by Gasteiger charge is -2.20. The molecule has 3 aromatic rings. The van der Waals surface area contributed by atoms with Gasteiger partial charge in [0.2, 0.25) is 11.8 Å². The van der Waals surface area contributed by atoms with Crippen LogP contribution in [-0.2, 0) is 9.59 Å². The van der Waals surface area contributed by atoms with E-state index >= 15 is 0 Å². The molecule has 1 heterocycles. The summed E-state index contributed by atoms with van der Waals surface area (Å²) < 4.78 is 20.2. The van der Waals surface area contributed by atoms with Crippen LogP contribution in [0.25, 0.3) is 11.8 Å². The fourth-order valence-electron chi connectivity index (χ4n) is 3.64. The Bertz CT molecular complexity index is 1190. The van der Waals surface area contributed by atoms with Crippen LogP contribution in [0, 0.1) is 19.7 Å². The summed E-state index contributed by atoms with van der Waals surface area (Å²) in [5.41, 5.74) is 3.64. The first kappa shape index (κ1) is 24.7. The summed E-state index contributed by atoms with van der Waals surface area (Å²) in [6.45, 7) is 6.04. The van der Waals surface area contributed by atoms with Crippen LogP contribution in [0.2, 0.25) is 0 Å². The van der Waals surface area contributed by atoms with Crippen LogP contribution in [-0.4, -0.2) is 46.7 Å². The van der Waals surface area contributed by atoms with Crippen LogP contribution >= 0.6 is 0 Å². The number of halogens is 1. The first-order chi connectivity index (χ1) is 16.3. The number of ether oxygens (including phenoxy) is 1. The fourth-order valence-corrected chi connectivity index (χ4v) is 3.64. The van der Waals surface area contributed by atoms with Crippen LogP contribution in [0.1, 0.15) is 30.3 Å². The minimum absolute atomic E-state index is 0.0815. The Hall–Kier alpha value is -3.94. The van der Waals surface area contributed by atoms with Crippen LogP contribution in [0.3, 0.4) is 0 Å². The standard InChI is InChI=1S/C26H29FN4O3/c1-5-16-30(17-25(32)28-23-8-6-7-9-24(23)34-4)26(33)15-14-22-18(2)29-31(19(22)3)21-12-10-20(27)11-13-21/h6-15H,5,16-17H2,1-4H3,(H,28,32)/b15-14+. The van der Waals surface area contributed by atoms with Crippen molar-refractivity contribution in [3.8, 4) is 11.4 Å². The van der Waals surface area contributed by atoms with Crippen molar-refractivity contribution < 1.29 is 18.7 Å². The third-order valence-electron chi connectivity index (χ3n) is 5.33. The molecule has 0 spiro atoms. The highest BCUT2D eigenvalue weighted by molar-refractivity contribution is 5.98. The molecule has 3 rings (SSSR count). The van der Waals surface area contributed by atoms with E-state index in [1.165, 1.54) is 30.2 Å². The molecule has 0 unspecified atom stereocenters. The molecule has 0 atom stereocenters. The quantitative estimate of drug-likeness (QED) is 0.472. The van der Waals surface area contributed by atoms with E-state index in [1.54, 1.807) is 41.1 Å². The summed E-state index contributed by atoms with van der Waals surface area (Å²) in [5.74, 6) is -0.350. The third kappa shape index (κ3) is 5.89. The molecule has 0 aliphatic carbocycles. The number of amides is 2. The van der Waals surface area contributed by atoms with E-state index in [0.717, 1.165) is 22.6 Å². The molecular formula is C26H29FN4O3. The topological polar surface area (TPSA) is 76.5 Å². The number of benzene rings is 2. The number of nitrogens with zero attached hydrogens (tertiary/aromatic N) is 3. The minimum atomic E-state index is -0.318. The van der Waals surface area contributed by atoms with Crippen molar-refractivity contribution >= 4 is 23.6 Å². The fraction of sp³-hybridized carbons (Fsp3) is 0.269. The normalized spacial score (nSPS) is 11.0. The van der Waals surface area contributed by atoms with Gasteiger partial charge < -0.3 is 15.0 Å². The summed E-state index contributed by atoms with van der Waals surface area (Å²) in [5, 5.41) is 7.32. The van der Waals surface area contributed by atoms with E-state index in [0.29, 0.717) is 24.4 Å². The van der Waals surface area contributed by atoms with Crippen LogP contribution in [0.4, 0.5) is 10.1 Å². The van der Waals surface area contributed by atoms with E-state index in [1.807, 2.05) is 26.8 Å². The Kier molecular flexibility index (Phi) is 8.19. The zero-order valence-corrected chi connectivity index (χ0v) is 19.8. The van der Waals surface area contributed by atoms with E-state index in [9.17, 15) is 14.0 Å². The van der Waals surface area contributed by atoms with Crippen LogP contribution in [0.5, 0.6) is 5.75 Å². The second-order valence-corrected chi connectivity index (χ2v) is 7.81. The highest BCUT2D eigenvalue weighted by Gasteiger charge is 2.17. The Morgan fingerprint density at radius 3 is 2.53 bits per heavy atom. The van der Waals surface area contributed by atoms with Crippen molar-refractivity contribution in [3.63, 3.8) is 0 Å². The van der Waals surface area contributed by atoms with E-state index in [2.05, 4.69) is 10.4 Å². The van der Waals surface area contributed by atoms with Gasteiger partial charge in [0.15, 0.2) is 0 Å². The molecular weight excluding hydrogens is 435 g/mol. The number of nitrogens with one attached hydrogen (secondary N) is 1. The Morgan fingerprint density at radius 2 is 1.85 bits per heavy atom. The molecule has 8 heteroatoms. The molecule has 1 N–H and O–H groups in total. The molecule has 2 aromatic carbocycles. The van der Waals surface area contributed by atoms with Gasteiger partial charge in [0.25, 0.3) is 0 Å². The lowest BCUT2D eigenvalue weighted by Crippen LogP contribution is -2.37. The van der Waals surface area contributed by atoms with Crippen LogP contribution < -0.4 is 10.1 Å². The molecule has 0 saturated heterocycles. The maximum absolute atomic E-state index is 13.3. The first-order valence-electron chi connectivity index (χ1n) is 11.1. The SMILES string of the molecule is CCCN(CC(=O)Nc1ccccc1OC)C(=O)/C=C/c1c(C)nn(-c2ccc(F)cc2)c1C. The van der Waals surface area contributed by atoms with Gasteiger partial charge in [0, 0.05) is 23.9 Å². The maximum Gasteiger partial charge on any atom is 0.247 e. The van der Waals surface area contributed by atoms with Gasteiger partial charge in [-0.3, -0.25) is 9.59 Å². The largest absolute Gasteiger partial charge is 0.495 e. The number of carbonyl (C=O) groups is 2. The predicted molar refractivity (Wildman–Crippen MR) is 131 cm³/mol. The molecule has 1 aromatic heterocycles. The molecule has 178 valence electrons. The lowest BCUT2D eigenvalue weighted by atomic mass is 10.1. The second-order valence-electron chi connectivity index (χ2n) is 7.81. The molecule has 2 amide bonds. The van der Waals surface area contributed by atoms with Gasteiger partial charge in [-0.25, -0.2) is 9.07 Å². The number of hydrogen-bond donors (Lipinski definition) is 1. The van der Waals surface area contributed by atoms with E-state index < -0.39 is 0 Å². The third-order valence-corrected chi connectivity index (χ3v) is 5.33. The van der Waals surface area contributed by atoms with Gasteiger partial charge in [0.1, 0.15) is 18.1 Å². The summed E-state index contributed by atoms with van der Waals surface area (Å²) in [6.07, 6.45) is 3.88. The number of anilines is 1. The number of rotatable bonds is 9. The molecule has 7 nitrogen and oxygen atoms in total. The van der Waals surface area contributed by atoms with Gasteiger partial charge in [-0.05, 0) is 62.7 Å². The molecule has 34 heavy (non-hydrogen) atoms. The summed E-state index contributed by atoms with van der Waals surface area (Å²) in [7, 11) is 1.53. The molecule has 0 saturated carbocycles. The van der Waals surface area contributed by atoms with Gasteiger partial charge in [0.05, 0.1) is 24.2 Å². The van der Waals surface area contributed by atoms with Crippen molar-refractivity contribution in [2.45, 2.75) is 27.2 Å². The number of para-hydroxylation sites is 2. The number of carbonyl (C=O) groups excluding carboxylic acids is 2. The zero-order chi connectivity index (χ0) is 24.7. The monoisotopic (exact) mass is 464 g/mol. The average Bonchev–Trinajstić information content (AvgIpc) is 3.11. The number of aryl methyl sites for hydroxylation is 1. The smallest absolute Gasteiger partial charge is 0.247 e. The Labute approximate surface area is 198 Å². The Balaban J connectivity index is 1.73. The van der Waals surface area contributed by atoms with Gasteiger partial charge in [-0.15, -0.1) is 0 Å². The molecule has 0 bridgehead atoms. The van der Waals surface area contributed by atoms with Crippen LogP contribution in [0.15, 0.2) is 54.6 Å². The summed E-state index contributed by atoms with van der Waals surface area (Å²) in [4.78, 5) is 27.0. The molecule has 0 radical (unpaired) electrons. The van der Waals surface area contributed by atoms with Crippen molar-refractivity contribution in [3.05, 3.63) is 77.4 Å². The van der Waals surface area contributed by atoms with Crippen molar-refractivity contribution in [2.24, 2.45) is 0 Å². The van der Waals surface area contributed by atoms with Gasteiger partial charge in [-0.1, -0.05) is 19.1 Å². The minimum Gasteiger partial charge on any atom is -0.495 e. The van der Waals surface area contributed by atoms with Crippen molar-refractivity contribution in [1.29, 1.82) is 0 Å². The predicted octanol–water partition coefficient (Wildman–Crippen LogP) is 4.53. The number of methoxy groups -OCH3 is 1. The van der Waals surface area contributed by atoms with Gasteiger partial charge >= 0.3 is 0 Å².